The first-order valence-electron chi connectivity index (χ1n) is 36.6. The molecule has 0 radical (unpaired) electrons. The lowest BCUT2D eigenvalue weighted by Gasteiger charge is -2.47. The molecular weight excluding hydrogens is 1320 g/mol. The minimum atomic E-state index is -1.39. The van der Waals surface area contributed by atoms with Crippen LogP contribution in [0.3, 0.4) is 0 Å². The Morgan fingerprint density at radius 1 is 0.588 bits per heavy atom. The molecule has 0 saturated carbocycles. The van der Waals surface area contributed by atoms with Gasteiger partial charge in [0.15, 0.2) is 35.3 Å². The number of carbonyl (C=O) groups excluding carboxylic acids is 9. The van der Waals surface area contributed by atoms with Gasteiger partial charge in [-0.3, -0.25) is 19.2 Å². The van der Waals surface area contributed by atoms with Gasteiger partial charge in [-0.2, -0.15) is 0 Å². The van der Waals surface area contributed by atoms with Crippen molar-refractivity contribution in [1.82, 2.24) is 30.2 Å². The van der Waals surface area contributed by atoms with Gasteiger partial charge in [0.25, 0.3) is 0 Å². The molecule has 0 spiro atoms. The first-order valence-corrected chi connectivity index (χ1v) is 36.6. The molecule has 3 N–H and O–H groups in total. The summed E-state index contributed by atoms with van der Waals surface area (Å²) in [5, 5.41) is 15.8. The minimum absolute atomic E-state index is 0.0224. The summed E-state index contributed by atoms with van der Waals surface area (Å²) < 4.78 is 74.0. The summed E-state index contributed by atoms with van der Waals surface area (Å²) in [5.74, 6) is -7.47. The van der Waals surface area contributed by atoms with Gasteiger partial charge in [0.1, 0.15) is 47.6 Å². The Bertz CT molecular complexity index is 2890. The SMILES string of the molecule is CC[C@H]1OC(=O)C(C)C(=O)[C@H](C)[C@@H](O[C@@H]2OC(C=O)CC(N(C)C)C2C)[C@](C)(OC)C[C@@H](C)CN(C(=O)OC(C)(C)C)[C@H](C)[C@H]2NC(=O)O[C@@]21C.CC[C@H]1OC(=O)C(C)C(=O)[C@H](C)[C@@H](O[C@@H]2OC(CO)CC(N(C)C)C2C)[C@](C)(OC)C[C@@H](C)CN(C(=O)OC(C)(C)C)[C@H](C)[C@H]2NC(=O)O[C@@]21C. The van der Waals surface area contributed by atoms with Crippen LogP contribution < -0.4 is 10.6 Å². The molecule has 102 heavy (non-hydrogen) atoms. The average Bonchev–Trinajstić information content (AvgIpc) is 1.58. The van der Waals surface area contributed by atoms with Crippen LogP contribution in [-0.4, -0.2) is 260 Å². The van der Waals surface area contributed by atoms with Crippen molar-refractivity contribution >= 4 is 54.2 Å². The summed E-state index contributed by atoms with van der Waals surface area (Å²) in [6.07, 6.45) is -6.25. The van der Waals surface area contributed by atoms with E-state index in [1.807, 2.05) is 74.6 Å². The number of nitrogens with one attached hydrogen (secondary N) is 2. The highest BCUT2D eigenvalue weighted by atomic mass is 16.7. The van der Waals surface area contributed by atoms with Crippen LogP contribution in [0.1, 0.15) is 191 Å². The van der Waals surface area contributed by atoms with E-state index in [4.69, 9.17) is 56.8 Å². The molecule has 0 aliphatic carbocycles. The summed E-state index contributed by atoms with van der Waals surface area (Å²) in [5.41, 5.74) is -6.68. The van der Waals surface area contributed by atoms with Crippen LogP contribution in [0.4, 0.5) is 19.2 Å². The number of alkyl carbamates (subject to hydrolysis) is 2. The number of hydrogen-bond acceptors (Lipinski definition) is 24. The summed E-state index contributed by atoms with van der Waals surface area (Å²) in [6.45, 7) is 39.4. The van der Waals surface area contributed by atoms with Crippen molar-refractivity contribution in [1.29, 1.82) is 0 Å². The molecule has 0 aromatic carbocycles. The van der Waals surface area contributed by atoms with Crippen molar-refractivity contribution in [3.05, 3.63) is 0 Å². The first-order chi connectivity index (χ1) is 47.1. The second-order valence-corrected chi connectivity index (χ2v) is 33.1. The Morgan fingerprint density at radius 3 is 1.25 bits per heavy atom. The average molecular weight is 1450 g/mol. The Hall–Kier alpha value is -5.33. The molecule has 0 aromatic rings. The van der Waals surface area contributed by atoms with Crippen molar-refractivity contribution in [2.24, 2.45) is 47.3 Å². The predicted octanol–water partition coefficient (Wildman–Crippen LogP) is 8.50. The molecular formula is C74H128N6O22. The lowest BCUT2D eigenvalue weighted by molar-refractivity contribution is -0.286. The van der Waals surface area contributed by atoms with Crippen molar-refractivity contribution in [3.8, 4) is 0 Å². The van der Waals surface area contributed by atoms with E-state index < -0.39 is 179 Å². The summed E-state index contributed by atoms with van der Waals surface area (Å²) in [7, 11) is 10.9. The monoisotopic (exact) mass is 1450 g/mol. The topological polar surface area (TPSA) is 322 Å². The van der Waals surface area contributed by atoms with Crippen LogP contribution in [0.15, 0.2) is 0 Å². The maximum Gasteiger partial charge on any atom is 0.410 e. The van der Waals surface area contributed by atoms with Crippen molar-refractivity contribution in [3.63, 3.8) is 0 Å². The van der Waals surface area contributed by atoms with Gasteiger partial charge in [-0.05, 0) is 175 Å². The molecule has 28 heteroatoms. The van der Waals surface area contributed by atoms with Gasteiger partial charge in [0.2, 0.25) is 0 Å². The van der Waals surface area contributed by atoms with E-state index in [2.05, 4.69) is 15.5 Å². The van der Waals surface area contributed by atoms with Gasteiger partial charge in [0, 0.05) is 63.1 Å². The van der Waals surface area contributed by atoms with Crippen molar-refractivity contribution in [2.45, 2.75) is 310 Å². The Balaban J connectivity index is 0.000000367. The molecule has 6 aliphatic rings. The molecule has 6 fully saturated rings. The predicted molar refractivity (Wildman–Crippen MR) is 377 cm³/mol. The maximum atomic E-state index is 14.3. The van der Waals surface area contributed by atoms with Crippen LogP contribution in [-0.2, 0) is 80.8 Å². The van der Waals surface area contributed by atoms with E-state index in [0.29, 0.717) is 25.7 Å². The second kappa shape index (κ2) is 34.9. The van der Waals surface area contributed by atoms with E-state index in [1.165, 1.54) is 21.0 Å². The van der Waals surface area contributed by atoms with Crippen molar-refractivity contribution < 1.29 is 105 Å². The molecule has 586 valence electrons. The normalized spacial score (nSPS) is 40.4. The van der Waals surface area contributed by atoms with E-state index in [-0.39, 0.29) is 68.3 Å². The lowest BCUT2D eigenvalue weighted by Crippen LogP contribution is -2.62. The van der Waals surface area contributed by atoms with Gasteiger partial charge in [0.05, 0.1) is 60.3 Å². The first kappa shape index (κ1) is 87.3. The van der Waals surface area contributed by atoms with Crippen LogP contribution in [0.2, 0.25) is 0 Å². The zero-order valence-electron chi connectivity index (χ0n) is 66.5. The van der Waals surface area contributed by atoms with Crippen LogP contribution >= 0.6 is 0 Å². The number of nitrogens with zero attached hydrogens (tertiary/aromatic N) is 4. The quantitative estimate of drug-likeness (QED) is 0.0713. The number of rotatable bonds is 12. The highest BCUT2D eigenvalue weighted by Gasteiger charge is 2.60. The molecule has 6 aliphatic heterocycles. The third-order valence-corrected chi connectivity index (χ3v) is 22.1. The van der Waals surface area contributed by atoms with Gasteiger partial charge in [-0.25, -0.2) is 19.2 Å². The van der Waals surface area contributed by atoms with Gasteiger partial charge in [-0.1, -0.05) is 55.4 Å². The van der Waals surface area contributed by atoms with E-state index in [9.17, 15) is 48.3 Å². The fourth-order valence-corrected chi connectivity index (χ4v) is 16.3. The Labute approximate surface area is 606 Å². The number of ether oxygens (including phenoxy) is 12. The molecule has 28 nitrogen and oxygen atoms in total. The largest absolute Gasteiger partial charge is 0.458 e. The highest BCUT2D eigenvalue weighted by Crippen LogP contribution is 2.43. The number of aliphatic hydroxyl groups is 1. The number of fused-ring (bicyclic) bond motifs is 2. The number of aldehydes is 1. The van der Waals surface area contributed by atoms with Gasteiger partial charge in [-0.15, -0.1) is 0 Å². The van der Waals surface area contributed by atoms with Gasteiger partial charge >= 0.3 is 36.3 Å². The smallest absolute Gasteiger partial charge is 0.410 e. The number of amides is 4. The summed E-state index contributed by atoms with van der Waals surface area (Å²) >= 11 is 0. The maximum absolute atomic E-state index is 14.3. The fraction of sp³-hybridized carbons (Fsp3) is 0.878. The zero-order valence-corrected chi connectivity index (χ0v) is 66.5. The molecule has 6 saturated heterocycles. The summed E-state index contributed by atoms with van der Waals surface area (Å²) in [4.78, 5) is 129. The van der Waals surface area contributed by atoms with Gasteiger partial charge < -0.3 is 97.0 Å². The second-order valence-electron chi connectivity index (χ2n) is 33.1. The molecule has 8 unspecified atom stereocenters. The summed E-state index contributed by atoms with van der Waals surface area (Å²) in [6, 6.07) is -2.99. The van der Waals surface area contributed by atoms with E-state index >= 15 is 0 Å². The van der Waals surface area contributed by atoms with Crippen LogP contribution in [0.5, 0.6) is 0 Å². The number of Topliss-reactive ketones (excluding diaryl/α,β-unsaturated/α-hetero) is 2. The van der Waals surface area contributed by atoms with Crippen molar-refractivity contribution in [2.75, 3.05) is 62.1 Å². The fourth-order valence-electron chi connectivity index (χ4n) is 16.3. The van der Waals surface area contributed by atoms with E-state index in [0.717, 1.165) is 6.29 Å². The molecule has 6 rings (SSSR count). The Morgan fingerprint density at radius 2 is 0.941 bits per heavy atom. The molecule has 26 atom stereocenters. The third-order valence-electron chi connectivity index (χ3n) is 22.1. The number of carbonyl (C=O) groups is 9. The third kappa shape index (κ3) is 20.2. The van der Waals surface area contributed by atoms with E-state index in [1.54, 1.807) is 114 Å². The molecule has 0 aromatic heterocycles. The van der Waals surface area contributed by atoms with Crippen LogP contribution in [0, 0.1) is 47.3 Å². The molecule has 0 bridgehead atoms. The minimum Gasteiger partial charge on any atom is -0.458 e. The molecule has 4 amide bonds. The number of methoxy groups -OCH3 is 2. The number of hydrogen-bond donors (Lipinski definition) is 3. The highest BCUT2D eigenvalue weighted by molar-refractivity contribution is 6.00. The zero-order chi connectivity index (χ0) is 77.6. The lowest BCUT2D eigenvalue weighted by atomic mass is 9.78. The number of cyclic esters (lactones) is 2. The standard InChI is InChI=1S/C37H65N3O11.C37H63N3O11/c2*1-15-27-37(11)29(38-33(44)50-37)24(6)40(34(45)51-35(7,8)9)18-20(2)17-36(10,46-14)30(22(4)28(42)23(5)31(43)48-27)49-32-21(3)26(39(12)13)16-25(19-41)47-32/h20-27,29-30,32,41H,15-19H2,1-14H3,(H,38,44);19-27,29-30,32H,15-18H2,1-14H3,(H,38,44)/t2*20-,21?,22+,23?,24-,25?,26?,27-,29-,30-,32+,36-,37-/m11/s1. The molecule has 6 heterocycles. The Kier molecular flexibility index (Phi) is 29.9. The van der Waals surface area contributed by atoms with Crippen LogP contribution in [0.25, 0.3) is 0 Å². The number of ketones is 2. The number of aliphatic hydroxyl groups excluding tert-OH is 1. The number of esters is 2.